The fourth-order valence-electron chi connectivity index (χ4n) is 6.31. The van der Waals surface area contributed by atoms with Crippen LogP contribution in [0.3, 0.4) is 0 Å². The number of phosphoric ester groups is 1. The Morgan fingerprint density at radius 2 is 1.02 bits per heavy atom. The molecule has 1 aliphatic carbocycles. The molecule has 0 saturated heterocycles. The maximum atomic E-state index is 12.8. The highest BCUT2D eigenvalue weighted by Crippen LogP contribution is 2.47. The van der Waals surface area contributed by atoms with Crippen molar-refractivity contribution in [2.24, 2.45) is 0 Å². The average Bonchev–Trinajstić information content (AvgIpc) is 3.18. The molecule has 0 aliphatic heterocycles. The molecule has 6 unspecified atom stereocenters. The first-order valence-electron chi connectivity index (χ1n) is 21.5. The molecule has 0 aromatic carbocycles. The van der Waals surface area contributed by atoms with Crippen LogP contribution in [0.15, 0.2) is 48.6 Å². The van der Waals surface area contributed by atoms with E-state index in [1.54, 1.807) is 0 Å². The molecule has 0 heterocycles. The summed E-state index contributed by atoms with van der Waals surface area (Å²) >= 11 is 0. The van der Waals surface area contributed by atoms with E-state index in [0.717, 1.165) is 44.9 Å². The molecule has 6 N–H and O–H groups in total. The zero-order chi connectivity index (χ0) is 41.3. The Morgan fingerprint density at radius 1 is 0.589 bits per heavy atom. The molecule has 1 aliphatic rings. The predicted molar refractivity (Wildman–Crippen MR) is 221 cm³/mol. The topological polar surface area (TPSA) is 192 Å². The third-order valence-electron chi connectivity index (χ3n) is 9.73. The van der Waals surface area contributed by atoms with Crippen LogP contribution in [-0.2, 0) is 27.9 Å². The van der Waals surface area contributed by atoms with E-state index in [0.29, 0.717) is 13.0 Å². The highest BCUT2D eigenvalue weighted by Gasteiger charge is 2.51. The zero-order valence-corrected chi connectivity index (χ0v) is 35.3. The first-order valence-corrected chi connectivity index (χ1v) is 23.0. The highest BCUT2D eigenvalue weighted by atomic mass is 31.2. The van der Waals surface area contributed by atoms with Gasteiger partial charge in [-0.3, -0.25) is 13.8 Å². The molecule has 0 aromatic rings. The number of unbranched alkanes of at least 4 members (excludes halogenated alkanes) is 15. The third kappa shape index (κ3) is 26.3. The van der Waals surface area contributed by atoms with Gasteiger partial charge in [0.2, 0.25) is 0 Å². The summed E-state index contributed by atoms with van der Waals surface area (Å²) in [6.07, 6.45) is 27.8. The number of aliphatic hydroxyl groups excluding tert-OH is 5. The fraction of sp³-hybridized carbons (Fsp3) is 0.791. The molecule has 0 bridgehead atoms. The molecule has 12 nitrogen and oxygen atoms in total. The second kappa shape index (κ2) is 34.2. The zero-order valence-electron chi connectivity index (χ0n) is 34.4. The summed E-state index contributed by atoms with van der Waals surface area (Å²) in [5.41, 5.74) is 0. The van der Waals surface area contributed by atoms with Crippen LogP contribution >= 0.6 is 7.82 Å². The Kier molecular flexibility index (Phi) is 31.9. The molecular formula is C43H77O12P. The van der Waals surface area contributed by atoms with E-state index in [1.807, 2.05) is 12.2 Å². The molecule has 1 fully saturated rings. The lowest BCUT2D eigenvalue weighted by molar-refractivity contribution is -0.220. The minimum absolute atomic E-state index is 0.0652. The van der Waals surface area contributed by atoms with Gasteiger partial charge in [-0.05, 0) is 38.5 Å². The van der Waals surface area contributed by atoms with Crippen molar-refractivity contribution in [2.45, 2.75) is 198 Å². The second-order valence-electron chi connectivity index (χ2n) is 14.8. The smallest absolute Gasteiger partial charge is 0.457 e. The van der Waals surface area contributed by atoms with Gasteiger partial charge >= 0.3 is 13.8 Å². The second-order valence-corrected chi connectivity index (χ2v) is 16.2. The van der Waals surface area contributed by atoms with Gasteiger partial charge < -0.3 is 39.9 Å². The quantitative estimate of drug-likeness (QED) is 0.0156. The van der Waals surface area contributed by atoms with E-state index in [2.05, 4.69) is 50.3 Å². The molecule has 0 radical (unpaired) electrons. The highest BCUT2D eigenvalue weighted by molar-refractivity contribution is 7.47. The molecule has 1 rings (SSSR count). The Morgan fingerprint density at radius 3 is 1.50 bits per heavy atom. The number of allylic oxidation sites excluding steroid dienone is 8. The van der Waals surface area contributed by atoms with Crippen LogP contribution in [0.1, 0.15) is 155 Å². The van der Waals surface area contributed by atoms with Crippen molar-refractivity contribution in [1.82, 2.24) is 0 Å². The third-order valence-corrected chi connectivity index (χ3v) is 10.7. The summed E-state index contributed by atoms with van der Waals surface area (Å²) in [4.78, 5) is 23.0. The summed E-state index contributed by atoms with van der Waals surface area (Å²) < 4.78 is 34.0. The number of carbonyl (C=O) groups excluding carboxylic acids is 1. The summed E-state index contributed by atoms with van der Waals surface area (Å²) in [6, 6.07) is 0. The minimum Gasteiger partial charge on any atom is -0.457 e. The molecule has 326 valence electrons. The number of rotatable bonds is 35. The van der Waals surface area contributed by atoms with Gasteiger partial charge in [0.05, 0.1) is 13.2 Å². The first-order chi connectivity index (χ1) is 27.0. The average molecular weight is 817 g/mol. The van der Waals surface area contributed by atoms with Crippen molar-refractivity contribution in [2.75, 3.05) is 19.8 Å². The molecule has 1 saturated carbocycles. The van der Waals surface area contributed by atoms with Crippen LogP contribution in [0, 0.1) is 0 Å². The Bertz CT molecular complexity index is 1110. The van der Waals surface area contributed by atoms with Gasteiger partial charge in [-0.2, -0.15) is 0 Å². The van der Waals surface area contributed by atoms with Crippen LogP contribution in [0.25, 0.3) is 0 Å². The number of ether oxygens (including phenoxy) is 2. The molecular weight excluding hydrogens is 739 g/mol. The maximum Gasteiger partial charge on any atom is 0.472 e. The van der Waals surface area contributed by atoms with E-state index in [-0.39, 0.29) is 13.0 Å². The van der Waals surface area contributed by atoms with Gasteiger partial charge in [0.15, 0.2) is 0 Å². The van der Waals surface area contributed by atoms with Crippen LogP contribution in [0.5, 0.6) is 0 Å². The van der Waals surface area contributed by atoms with Crippen molar-refractivity contribution < 1.29 is 58.3 Å². The predicted octanol–water partition coefficient (Wildman–Crippen LogP) is 8.08. The van der Waals surface area contributed by atoms with E-state index >= 15 is 0 Å². The Balaban J connectivity index is 2.46. The normalized spacial score (nSPS) is 23.5. The van der Waals surface area contributed by atoms with Gasteiger partial charge in [-0.1, -0.05) is 159 Å². The number of hydrogen-bond donors (Lipinski definition) is 6. The largest absolute Gasteiger partial charge is 0.472 e. The summed E-state index contributed by atoms with van der Waals surface area (Å²) in [5, 5.41) is 50.1. The number of carbonyl (C=O) groups is 1. The number of hydrogen-bond acceptors (Lipinski definition) is 11. The van der Waals surface area contributed by atoms with Gasteiger partial charge in [-0.15, -0.1) is 0 Å². The van der Waals surface area contributed by atoms with Crippen LogP contribution in [0.4, 0.5) is 0 Å². The van der Waals surface area contributed by atoms with Gasteiger partial charge in [-0.25, -0.2) is 4.57 Å². The molecule has 0 aromatic heterocycles. The van der Waals surface area contributed by atoms with Crippen molar-refractivity contribution in [1.29, 1.82) is 0 Å². The molecule has 0 spiro atoms. The van der Waals surface area contributed by atoms with Crippen molar-refractivity contribution in [3.05, 3.63) is 48.6 Å². The monoisotopic (exact) mass is 817 g/mol. The lowest BCUT2D eigenvalue weighted by Gasteiger charge is -2.41. The number of phosphoric acid groups is 1. The van der Waals surface area contributed by atoms with Crippen molar-refractivity contribution >= 4 is 13.8 Å². The Labute approximate surface area is 337 Å². The summed E-state index contributed by atoms with van der Waals surface area (Å²) in [5.74, 6) is -0.556. The van der Waals surface area contributed by atoms with Crippen molar-refractivity contribution in [3.63, 3.8) is 0 Å². The molecule has 0 amide bonds. The number of aliphatic hydroxyl groups is 5. The first kappa shape index (κ1) is 52.3. The Hall–Kier alpha value is -1.70. The van der Waals surface area contributed by atoms with Crippen LogP contribution < -0.4 is 0 Å². The van der Waals surface area contributed by atoms with E-state index in [4.69, 9.17) is 18.5 Å². The molecule has 6 atom stereocenters. The van der Waals surface area contributed by atoms with E-state index in [9.17, 15) is 39.8 Å². The van der Waals surface area contributed by atoms with Crippen molar-refractivity contribution in [3.8, 4) is 0 Å². The SMILES string of the molecule is CC/C=C\C/C=C\C/C=C\C/C=C\CCC(=O)OC(COCCCCCCCCCCCCCCCCCC)COP(=O)(O)OC1C(O)C(O)C(O)C(O)C1O. The lowest BCUT2D eigenvalue weighted by atomic mass is 9.85. The van der Waals surface area contributed by atoms with E-state index < -0.39 is 63.1 Å². The molecule has 56 heavy (non-hydrogen) atoms. The van der Waals surface area contributed by atoms with Crippen LogP contribution in [-0.4, -0.2) is 98.9 Å². The van der Waals surface area contributed by atoms with Gasteiger partial charge in [0.1, 0.15) is 42.7 Å². The van der Waals surface area contributed by atoms with E-state index in [1.165, 1.54) is 83.5 Å². The summed E-state index contributed by atoms with van der Waals surface area (Å²) in [7, 11) is -5.03. The standard InChI is InChI=1S/C43H77O12P/c1-3-5-7-9-11-13-15-17-18-19-21-23-25-27-29-31-33-52-34-36(35-53-56(50,51)55-43-41(48)39(46)38(45)40(47)42(43)49)54-37(44)32-30-28-26-24-22-20-16-14-12-10-8-6-4-2/h6,8,12,14,20,22,26,28,36,38-43,45-49H,3-5,7,9-11,13,15-19,21,23-25,27,29-35H2,1-2H3,(H,50,51)/b8-6-,14-12-,22-20-,28-26-. The van der Waals surface area contributed by atoms with Gasteiger partial charge in [0, 0.05) is 13.0 Å². The van der Waals surface area contributed by atoms with Gasteiger partial charge in [0.25, 0.3) is 0 Å². The summed E-state index contributed by atoms with van der Waals surface area (Å²) in [6.45, 7) is 4.05. The minimum atomic E-state index is -5.03. The van der Waals surface area contributed by atoms with Crippen LogP contribution in [0.2, 0.25) is 0 Å². The lowest BCUT2D eigenvalue weighted by Crippen LogP contribution is -2.64. The molecule has 13 heteroatoms. The number of esters is 1. The fourth-order valence-corrected chi connectivity index (χ4v) is 7.28. The maximum absolute atomic E-state index is 12.8.